The number of nitrogens with zero attached hydrogens (tertiary/aromatic N) is 3. The number of hydrogen-bond donors (Lipinski definition) is 1. The van der Waals surface area contributed by atoms with E-state index in [1.54, 1.807) is 5.01 Å². The molecule has 2 rings (SSSR count). The standard InChI is InChI=1S/C18H22N4OS.C2H6/c1-13(20-19)15-5-9-17(10-6-15)24(23)18-11-7-16(8-12-18)14(2)21-22(3)4;1-2/h5-12H,19H2,1-4H3;1-2H3/b20-13-,21-14-;. The third kappa shape index (κ3) is 5.81. The van der Waals surface area contributed by atoms with Crippen LogP contribution in [0.4, 0.5) is 0 Å². The molecule has 1 atom stereocenters. The molecule has 2 aromatic carbocycles. The van der Waals surface area contributed by atoms with E-state index in [0.717, 1.165) is 32.3 Å². The van der Waals surface area contributed by atoms with Crippen LogP contribution in [0.2, 0.25) is 0 Å². The van der Waals surface area contributed by atoms with E-state index in [2.05, 4.69) is 10.2 Å². The Morgan fingerprint density at radius 2 is 1.23 bits per heavy atom. The van der Waals surface area contributed by atoms with Gasteiger partial charge >= 0.3 is 0 Å². The van der Waals surface area contributed by atoms with Crippen molar-refractivity contribution in [3.05, 3.63) is 59.7 Å². The highest BCUT2D eigenvalue weighted by atomic mass is 32.2. The van der Waals surface area contributed by atoms with Crippen LogP contribution in [0.15, 0.2) is 68.5 Å². The lowest BCUT2D eigenvalue weighted by molar-refractivity contribution is 0.438. The Morgan fingerprint density at radius 3 is 1.58 bits per heavy atom. The molecule has 0 aromatic heterocycles. The maximum absolute atomic E-state index is 12.7. The van der Waals surface area contributed by atoms with E-state index in [0.29, 0.717) is 0 Å². The average Bonchev–Trinajstić information content (AvgIpc) is 2.68. The Morgan fingerprint density at radius 1 is 0.846 bits per heavy atom. The molecule has 2 aromatic rings. The van der Waals surface area contributed by atoms with Crippen molar-refractivity contribution >= 4 is 22.2 Å². The summed E-state index contributed by atoms with van der Waals surface area (Å²) in [6.07, 6.45) is 0. The van der Waals surface area contributed by atoms with Gasteiger partial charge in [-0.05, 0) is 49.2 Å². The third-order valence-electron chi connectivity index (χ3n) is 3.52. The zero-order valence-electron chi connectivity index (χ0n) is 16.4. The van der Waals surface area contributed by atoms with Crippen LogP contribution in [0.3, 0.4) is 0 Å². The topological polar surface area (TPSA) is 71.0 Å². The number of hydrazone groups is 2. The molecule has 1 unspecified atom stereocenters. The molecule has 0 saturated heterocycles. The summed E-state index contributed by atoms with van der Waals surface area (Å²) in [5, 5.41) is 9.79. The summed E-state index contributed by atoms with van der Waals surface area (Å²) in [6, 6.07) is 15.1. The van der Waals surface area contributed by atoms with Crippen molar-refractivity contribution in [2.24, 2.45) is 16.0 Å². The van der Waals surface area contributed by atoms with Gasteiger partial charge in [-0.15, -0.1) is 0 Å². The summed E-state index contributed by atoms with van der Waals surface area (Å²) in [6.45, 7) is 7.79. The quantitative estimate of drug-likeness (QED) is 0.492. The summed E-state index contributed by atoms with van der Waals surface area (Å²) in [4.78, 5) is 1.50. The normalized spacial score (nSPS) is 12.8. The SMILES string of the molecule is C/C(=N/N)c1ccc(S(=O)c2ccc(/C(C)=N\N(C)C)cc2)cc1.CC. The van der Waals surface area contributed by atoms with E-state index in [4.69, 9.17) is 5.84 Å². The first-order valence-corrected chi connectivity index (χ1v) is 9.67. The molecular formula is C20H28N4OS. The average molecular weight is 373 g/mol. The Balaban J connectivity index is 0.00000163. The monoisotopic (exact) mass is 372 g/mol. The van der Waals surface area contributed by atoms with Crippen molar-refractivity contribution in [3.8, 4) is 0 Å². The summed E-state index contributed by atoms with van der Waals surface area (Å²) >= 11 is 0. The molecule has 0 amide bonds. The van der Waals surface area contributed by atoms with Crippen LogP contribution >= 0.6 is 0 Å². The van der Waals surface area contributed by atoms with E-state index < -0.39 is 10.8 Å². The highest BCUT2D eigenvalue weighted by Crippen LogP contribution is 2.18. The lowest BCUT2D eigenvalue weighted by Gasteiger charge is -2.08. The van der Waals surface area contributed by atoms with Crippen molar-refractivity contribution < 1.29 is 4.21 Å². The number of benzene rings is 2. The lowest BCUT2D eigenvalue weighted by Crippen LogP contribution is -2.07. The maximum atomic E-state index is 12.7. The van der Waals surface area contributed by atoms with Gasteiger partial charge in [0.25, 0.3) is 0 Å². The zero-order chi connectivity index (χ0) is 19.7. The number of rotatable bonds is 5. The van der Waals surface area contributed by atoms with Gasteiger partial charge in [0.1, 0.15) is 0 Å². The van der Waals surface area contributed by atoms with Crippen molar-refractivity contribution in [2.45, 2.75) is 37.5 Å². The van der Waals surface area contributed by atoms with Gasteiger partial charge in [0.2, 0.25) is 0 Å². The second kappa shape index (κ2) is 10.5. The highest BCUT2D eigenvalue weighted by molar-refractivity contribution is 7.85. The second-order valence-corrected chi connectivity index (χ2v) is 7.04. The van der Waals surface area contributed by atoms with Crippen molar-refractivity contribution in [1.82, 2.24) is 5.01 Å². The van der Waals surface area contributed by atoms with Crippen LogP contribution in [0.1, 0.15) is 38.8 Å². The van der Waals surface area contributed by atoms with Gasteiger partial charge in [-0.3, -0.25) is 0 Å². The van der Waals surface area contributed by atoms with Crippen LogP contribution in [-0.2, 0) is 10.8 Å². The number of nitrogens with two attached hydrogens (primary N) is 1. The molecule has 140 valence electrons. The predicted molar refractivity (Wildman–Crippen MR) is 111 cm³/mol. The van der Waals surface area contributed by atoms with Gasteiger partial charge in [-0.2, -0.15) is 10.2 Å². The molecule has 6 heteroatoms. The fourth-order valence-electron chi connectivity index (χ4n) is 2.21. The summed E-state index contributed by atoms with van der Waals surface area (Å²) < 4.78 is 12.7. The smallest absolute Gasteiger partial charge is 0.0849 e. The summed E-state index contributed by atoms with van der Waals surface area (Å²) in [5.41, 5.74) is 3.59. The molecule has 0 aliphatic rings. The van der Waals surface area contributed by atoms with Gasteiger partial charge in [0.15, 0.2) is 0 Å². The van der Waals surface area contributed by atoms with Crippen LogP contribution in [-0.4, -0.2) is 34.7 Å². The first-order chi connectivity index (χ1) is 12.4. The molecule has 0 heterocycles. The van der Waals surface area contributed by atoms with E-state index >= 15 is 0 Å². The van der Waals surface area contributed by atoms with E-state index in [9.17, 15) is 4.21 Å². The first-order valence-electron chi connectivity index (χ1n) is 8.52. The van der Waals surface area contributed by atoms with Gasteiger partial charge < -0.3 is 10.9 Å². The van der Waals surface area contributed by atoms with Crippen LogP contribution in [0, 0.1) is 0 Å². The Hall–Kier alpha value is -2.47. The zero-order valence-corrected chi connectivity index (χ0v) is 17.2. The Kier molecular flexibility index (Phi) is 8.72. The molecule has 0 spiro atoms. The van der Waals surface area contributed by atoms with Crippen molar-refractivity contribution in [2.75, 3.05) is 14.1 Å². The molecule has 0 saturated carbocycles. The fraction of sp³-hybridized carbons (Fsp3) is 0.300. The minimum atomic E-state index is -1.22. The Labute approximate surface area is 159 Å². The maximum Gasteiger partial charge on any atom is 0.0849 e. The van der Waals surface area contributed by atoms with Crippen molar-refractivity contribution in [1.29, 1.82) is 0 Å². The Bertz CT molecular complexity index is 778. The van der Waals surface area contributed by atoms with E-state index in [-0.39, 0.29) is 0 Å². The minimum Gasteiger partial charge on any atom is -0.323 e. The summed E-state index contributed by atoms with van der Waals surface area (Å²) in [5.74, 6) is 5.28. The molecule has 0 bridgehead atoms. The van der Waals surface area contributed by atoms with Gasteiger partial charge in [0, 0.05) is 23.9 Å². The first kappa shape index (κ1) is 21.6. The van der Waals surface area contributed by atoms with Crippen molar-refractivity contribution in [3.63, 3.8) is 0 Å². The van der Waals surface area contributed by atoms with Gasteiger partial charge in [-0.1, -0.05) is 38.1 Å². The van der Waals surface area contributed by atoms with E-state index in [1.165, 1.54) is 0 Å². The van der Waals surface area contributed by atoms with Crippen LogP contribution < -0.4 is 5.84 Å². The lowest BCUT2D eigenvalue weighted by atomic mass is 10.1. The van der Waals surface area contributed by atoms with Crippen LogP contribution in [0.5, 0.6) is 0 Å². The minimum absolute atomic E-state index is 0.743. The largest absolute Gasteiger partial charge is 0.323 e. The molecular weight excluding hydrogens is 344 g/mol. The molecule has 0 fully saturated rings. The molecule has 2 N–H and O–H groups in total. The van der Waals surface area contributed by atoms with Gasteiger partial charge in [-0.25, -0.2) is 4.21 Å². The molecule has 0 aliphatic carbocycles. The molecule has 0 radical (unpaired) electrons. The highest BCUT2D eigenvalue weighted by Gasteiger charge is 2.08. The second-order valence-electron chi connectivity index (χ2n) is 5.56. The van der Waals surface area contributed by atoms with Crippen LogP contribution in [0.25, 0.3) is 0 Å². The van der Waals surface area contributed by atoms with E-state index in [1.807, 2.05) is 90.3 Å². The molecule has 26 heavy (non-hydrogen) atoms. The molecule has 5 nitrogen and oxygen atoms in total. The number of hydrogen-bond acceptors (Lipinski definition) is 5. The van der Waals surface area contributed by atoms with Gasteiger partial charge in [0.05, 0.1) is 22.2 Å². The third-order valence-corrected chi connectivity index (χ3v) is 4.92. The predicted octanol–water partition coefficient (Wildman–Crippen LogP) is 3.85. The summed E-state index contributed by atoms with van der Waals surface area (Å²) in [7, 11) is 2.54. The molecule has 0 aliphatic heterocycles. The fourth-order valence-corrected chi connectivity index (χ4v) is 3.25.